The van der Waals surface area contributed by atoms with E-state index in [-0.39, 0.29) is 16.2 Å². The molecular formula is C23H43NO2Si2. The standard InChI is InChI=1S/C23H43NO2Si2/c1-22(2,3)27(7,8)25-17-18-13-14-19-12-11-15-24-21(19)20(16-18)26-28(9,10)23(4,5)6/h11-12,15,18,20H,13-14,16-17H2,1-10H3/t18-,20-/m1/s1. The Morgan fingerprint density at radius 2 is 1.61 bits per heavy atom. The first kappa shape index (κ1) is 23.8. The van der Waals surface area contributed by atoms with Crippen LogP contribution in [0.25, 0.3) is 0 Å². The van der Waals surface area contributed by atoms with Crippen LogP contribution in [0.5, 0.6) is 0 Å². The molecule has 1 aliphatic rings. The normalized spacial score (nSPS) is 21.9. The maximum Gasteiger partial charge on any atom is 0.192 e. The highest BCUT2D eigenvalue weighted by atomic mass is 28.4. The van der Waals surface area contributed by atoms with E-state index >= 15 is 0 Å². The Balaban J connectivity index is 2.21. The lowest BCUT2D eigenvalue weighted by molar-refractivity contribution is 0.124. The van der Waals surface area contributed by atoms with Gasteiger partial charge in [0.05, 0.1) is 11.8 Å². The van der Waals surface area contributed by atoms with Crippen LogP contribution in [0.3, 0.4) is 0 Å². The molecule has 0 spiro atoms. The van der Waals surface area contributed by atoms with E-state index in [4.69, 9.17) is 13.8 Å². The number of pyridine rings is 1. The number of hydrogen-bond acceptors (Lipinski definition) is 3. The molecule has 160 valence electrons. The van der Waals surface area contributed by atoms with Crippen LogP contribution < -0.4 is 0 Å². The van der Waals surface area contributed by atoms with Crippen molar-refractivity contribution in [1.82, 2.24) is 4.98 Å². The number of hydrogen-bond donors (Lipinski definition) is 0. The minimum absolute atomic E-state index is 0.0904. The second kappa shape index (κ2) is 8.33. The van der Waals surface area contributed by atoms with E-state index in [2.05, 4.69) is 79.9 Å². The minimum Gasteiger partial charge on any atom is -0.417 e. The highest BCUT2D eigenvalue weighted by molar-refractivity contribution is 6.74. The molecule has 1 aromatic rings. The van der Waals surface area contributed by atoms with Gasteiger partial charge in [-0.3, -0.25) is 4.98 Å². The zero-order valence-corrected chi connectivity index (χ0v) is 22.0. The third-order valence-corrected chi connectivity index (χ3v) is 16.3. The summed E-state index contributed by atoms with van der Waals surface area (Å²) >= 11 is 0. The smallest absolute Gasteiger partial charge is 0.192 e. The first-order valence-corrected chi connectivity index (χ1v) is 16.7. The largest absolute Gasteiger partial charge is 0.417 e. The van der Waals surface area contributed by atoms with Crippen molar-refractivity contribution in [2.24, 2.45) is 5.92 Å². The zero-order valence-electron chi connectivity index (χ0n) is 20.0. The summed E-state index contributed by atoms with van der Waals surface area (Å²) < 4.78 is 13.5. The van der Waals surface area contributed by atoms with Crippen molar-refractivity contribution in [2.75, 3.05) is 6.61 Å². The maximum atomic E-state index is 6.91. The molecule has 0 amide bonds. The average molecular weight is 422 g/mol. The number of rotatable bonds is 5. The predicted octanol–water partition coefficient (Wildman–Crippen LogP) is 7.12. The molecule has 1 aliphatic carbocycles. The highest BCUT2D eigenvalue weighted by Gasteiger charge is 2.42. The Morgan fingerprint density at radius 3 is 2.18 bits per heavy atom. The molecule has 1 heterocycles. The molecule has 0 radical (unpaired) electrons. The van der Waals surface area contributed by atoms with Crippen LogP contribution >= 0.6 is 0 Å². The summed E-state index contributed by atoms with van der Waals surface area (Å²) in [6, 6.07) is 4.30. The average Bonchev–Trinajstić information content (AvgIpc) is 2.71. The fourth-order valence-electron chi connectivity index (χ4n) is 3.17. The monoisotopic (exact) mass is 421 g/mol. The molecular weight excluding hydrogens is 378 g/mol. The fraction of sp³-hybridized carbons (Fsp3) is 0.783. The van der Waals surface area contributed by atoms with Gasteiger partial charge >= 0.3 is 0 Å². The topological polar surface area (TPSA) is 31.4 Å². The molecule has 3 nitrogen and oxygen atoms in total. The molecule has 0 saturated heterocycles. The van der Waals surface area contributed by atoms with E-state index in [1.54, 1.807) is 0 Å². The van der Waals surface area contributed by atoms with Crippen molar-refractivity contribution < 1.29 is 8.85 Å². The molecule has 0 aromatic carbocycles. The van der Waals surface area contributed by atoms with E-state index in [9.17, 15) is 0 Å². The van der Waals surface area contributed by atoms with Crippen LogP contribution in [0.1, 0.15) is 71.7 Å². The lowest BCUT2D eigenvalue weighted by atomic mass is 10.00. The summed E-state index contributed by atoms with van der Waals surface area (Å²) in [5.74, 6) is 0.526. The van der Waals surface area contributed by atoms with Crippen molar-refractivity contribution in [2.45, 2.75) is 103 Å². The van der Waals surface area contributed by atoms with Crippen molar-refractivity contribution in [3.05, 3.63) is 29.6 Å². The Hall–Kier alpha value is -0.496. The summed E-state index contributed by atoms with van der Waals surface area (Å²) in [4.78, 5) is 4.77. The first-order valence-electron chi connectivity index (χ1n) is 10.9. The molecule has 0 fully saturated rings. The van der Waals surface area contributed by atoms with E-state index in [1.807, 2.05) is 6.20 Å². The third-order valence-electron chi connectivity index (χ3n) is 7.33. The number of fused-ring (bicyclic) bond motifs is 1. The number of aromatic nitrogens is 1. The minimum atomic E-state index is -1.87. The molecule has 0 N–H and O–H groups in total. The van der Waals surface area contributed by atoms with Gasteiger partial charge in [0.1, 0.15) is 0 Å². The molecule has 1 aromatic heterocycles. The lowest BCUT2D eigenvalue weighted by Gasteiger charge is -2.40. The summed E-state index contributed by atoms with van der Waals surface area (Å²) in [5.41, 5.74) is 2.53. The molecule has 0 unspecified atom stereocenters. The van der Waals surface area contributed by atoms with Gasteiger partial charge in [-0.05, 0) is 73.1 Å². The van der Waals surface area contributed by atoms with Crippen molar-refractivity contribution in [1.29, 1.82) is 0 Å². The Labute approximate surface area is 175 Å². The van der Waals surface area contributed by atoms with Gasteiger partial charge in [-0.25, -0.2) is 0 Å². The van der Waals surface area contributed by atoms with Crippen LogP contribution in [0.4, 0.5) is 0 Å². The maximum absolute atomic E-state index is 6.91. The van der Waals surface area contributed by atoms with Crippen molar-refractivity contribution in [3.63, 3.8) is 0 Å². The fourth-order valence-corrected chi connectivity index (χ4v) is 5.53. The summed E-state index contributed by atoms with van der Waals surface area (Å²) in [6.07, 6.45) is 5.27. The van der Waals surface area contributed by atoms with Crippen LogP contribution in [0.15, 0.2) is 18.3 Å². The molecule has 0 saturated carbocycles. The number of nitrogens with zero attached hydrogens (tertiary/aromatic N) is 1. The van der Waals surface area contributed by atoms with E-state index in [1.165, 1.54) is 11.3 Å². The molecule has 0 aliphatic heterocycles. The Morgan fingerprint density at radius 1 is 1.00 bits per heavy atom. The quantitative estimate of drug-likeness (QED) is 0.374. The van der Waals surface area contributed by atoms with Crippen LogP contribution in [-0.4, -0.2) is 28.2 Å². The van der Waals surface area contributed by atoms with E-state index in [0.29, 0.717) is 5.92 Å². The lowest BCUT2D eigenvalue weighted by Crippen LogP contribution is -2.43. The zero-order chi connectivity index (χ0) is 21.4. The van der Waals surface area contributed by atoms with Gasteiger partial charge < -0.3 is 8.85 Å². The van der Waals surface area contributed by atoms with Crippen molar-refractivity contribution in [3.8, 4) is 0 Å². The van der Waals surface area contributed by atoms with Crippen LogP contribution in [-0.2, 0) is 15.3 Å². The molecule has 5 heteroatoms. The van der Waals surface area contributed by atoms with Crippen molar-refractivity contribution >= 4 is 16.6 Å². The van der Waals surface area contributed by atoms with Crippen LogP contribution in [0.2, 0.25) is 36.3 Å². The van der Waals surface area contributed by atoms with Gasteiger partial charge in [-0.2, -0.15) is 0 Å². The van der Waals surface area contributed by atoms with Gasteiger partial charge in [0, 0.05) is 12.8 Å². The predicted molar refractivity (Wildman–Crippen MR) is 125 cm³/mol. The first-order chi connectivity index (χ1) is 12.6. The number of aryl methyl sites for hydroxylation is 1. The summed E-state index contributed by atoms with van der Waals surface area (Å²) in [6.45, 7) is 24.1. The van der Waals surface area contributed by atoms with Gasteiger partial charge in [0.2, 0.25) is 0 Å². The second-order valence-corrected chi connectivity index (χ2v) is 21.2. The Bertz CT molecular complexity index is 659. The van der Waals surface area contributed by atoms with E-state index < -0.39 is 16.6 Å². The molecule has 2 atom stereocenters. The van der Waals surface area contributed by atoms with Gasteiger partial charge in [-0.15, -0.1) is 0 Å². The van der Waals surface area contributed by atoms with Gasteiger partial charge in [0.15, 0.2) is 16.6 Å². The molecule has 2 rings (SSSR count). The van der Waals surface area contributed by atoms with Gasteiger partial charge in [-0.1, -0.05) is 47.6 Å². The molecule has 28 heavy (non-hydrogen) atoms. The van der Waals surface area contributed by atoms with Gasteiger partial charge in [0.25, 0.3) is 0 Å². The highest BCUT2D eigenvalue weighted by Crippen LogP contribution is 2.43. The molecule has 0 bridgehead atoms. The second-order valence-electron chi connectivity index (χ2n) is 11.6. The van der Waals surface area contributed by atoms with Crippen LogP contribution in [0, 0.1) is 5.92 Å². The summed E-state index contributed by atoms with van der Waals surface area (Å²) in [7, 11) is -3.61. The SMILES string of the molecule is CC(C)(C)[Si](C)(C)OC[C@@H]1CCc2cccnc2[C@H](O[Si](C)(C)C(C)(C)C)C1. The Kier molecular flexibility index (Phi) is 7.07. The van der Waals surface area contributed by atoms with E-state index in [0.717, 1.165) is 25.9 Å². The summed E-state index contributed by atoms with van der Waals surface area (Å²) in [5, 5.41) is 0.445. The third kappa shape index (κ3) is 5.56.